The first-order chi connectivity index (χ1) is 16.6. The van der Waals surface area contributed by atoms with Gasteiger partial charge in [0.1, 0.15) is 5.75 Å². The molecule has 2 aromatic heterocycles. The Morgan fingerprint density at radius 1 is 1.00 bits per heavy atom. The van der Waals surface area contributed by atoms with Gasteiger partial charge in [-0.2, -0.15) is 0 Å². The molecule has 0 saturated carbocycles. The number of methoxy groups -OCH3 is 1. The Labute approximate surface area is 197 Å². The number of aryl methyl sites for hydroxylation is 2. The lowest BCUT2D eigenvalue weighted by atomic mass is 9.99. The molecule has 0 aliphatic rings. The average Bonchev–Trinajstić information content (AvgIpc) is 3.49. The van der Waals surface area contributed by atoms with E-state index in [0.29, 0.717) is 12.1 Å². The molecule has 0 radical (unpaired) electrons. The van der Waals surface area contributed by atoms with Crippen molar-refractivity contribution in [2.24, 2.45) is 0 Å². The second-order valence-corrected chi connectivity index (χ2v) is 8.19. The third-order valence-corrected chi connectivity index (χ3v) is 6.05. The van der Waals surface area contributed by atoms with Gasteiger partial charge in [0, 0.05) is 18.9 Å². The number of rotatable bonds is 8. The number of nitrogens with zero attached hydrogens (tertiary/aromatic N) is 4. The normalized spacial score (nSPS) is 11.1. The molecule has 0 spiro atoms. The predicted molar refractivity (Wildman–Crippen MR) is 132 cm³/mol. The highest BCUT2D eigenvalue weighted by Gasteiger charge is 2.21. The highest BCUT2D eigenvalue weighted by molar-refractivity contribution is 5.98. The summed E-state index contributed by atoms with van der Waals surface area (Å²) in [6.45, 7) is 1.24. The van der Waals surface area contributed by atoms with Gasteiger partial charge in [-0.25, -0.2) is 4.98 Å². The third kappa shape index (κ3) is 4.28. The van der Waals surface area contributed by atoms with Crippen molar-refractivity contribution in [1.82, 2.24) is 14.1 Å². The second-order valence-electron chi connectivity index (χ2n) is 8.19. The molecule has 0 unspecified atom stereocenters. The third-order valence-electron chi connectivity index (χ3n) is 6.05. The molecule has 0 fully saturated rings. The molecule has 0 atom stereocenters. The summed E-state index contributed by atoms with van der Waals surface area (Å²) in [5.41, 5.74) is 3.73. The van der Waals surface area contributed by atoms with Crippen LogP contribution in [-0.4, -0.2) is 26.2 Å². The highest BCUT2D eigenvalue weighted by Crippen LogP contribution is 2.36. The van der Waals surface area contributed by atoms with E-state index >= 15 is 0 Å². The number of imidazole rings is 1. The molecule has 5 rings (SSSR count). The van der Waals surface area contributed by atoms with Gasteiger partial charge in [-0.3, -0.25) is 10.1 Å². The summed E-state index contributed by atoms with van der Waals surface area (Å²) in [6.07, 6.45) is 7.91. The van der Waals surface area contributed by atoms with E-state index in [2.05, 4.69) is 15.6 Å². The number of fused-ring (bicyclic) bond motifs is 1. The number of hydrogen-bond donors (Lipinski definition) is 0. The molecule has 0 saturated heterocycles. The van der Waals surface area contributed by atoms with E-state index in [0.717, 1.165) is 40.7 Å². The molecule has 0 aliphatic carbocycles. The lowest BCUT2D eigenvalue weighted by Crippen LogP contribution is -2.08. The highest BCUT2D eigenvalue weighted by atomic mass is 16.6. The number of benzene rings is 3. The van der Waals surface area contributed by atoms with Gasteiger partial charge >= 0.3 is 0 Å². The van der Waals surface area contributed by atoms with Crippen molar-refractivity contribution in [3.05, 3.63) is 113 Å². The lowest BCUT2D eigenvalue weighted by Gasteiger charge is -2.10. The van der Waals surface area contributed by atoms with Crippen LogP contribution < -0.4 is 4.74 Å². The van der Waals surface area contributed by atoms with Gasteiger partial charge in [0.05, 0.1) is 42.4 Å². The van der Waals surface area contributed by atoms with Crippen molar-refractivity contribution < 1.29 is 9.66 Å². The smallest absolute Gasteiger partial charge is 0.294 e. The van der Waals surface area contributed by atoms with Crippen LogP contribution in [0.2, 0.25) is 0 Å². The Kier molecular flexibility index (Phi) is 5.82. The quantitative estimate of drug-likeness (QED) is 0.223. The van der Waals surface area contributed by atoms with Crippen LogP contribution in [0.3, 0.4) is 0 Å². The van der Waals surface area contributed by atoms with Crippen molar-refractivity contribution in [1.29, 1.82) is 0 Å². The van der Waals surface area contributed by atoms with Crippen LogP contribution >= 0.6 is 0 Å². The van der Waals surface area contributed by atoms with Crippen LogP contribution in [0.15, 0.2) is 91.6 Å². The zero-order valence-electron chi connectivity index (χ0n) is 18.8. The number of aromatic nitrogens is 3. The van der Waals surface area contributed by atoms with E-state index in [1.807, 2.05) is 77.6 Å². The first-order valence-electron chi connectivity index (χ1n) is 11.1. The van der Waals surface area contributed by atoms with Crippen LogP contribution in [0.1, 0.15) is 11.3 Å². The molecule has 7 nitrogen and oxygen atoms in total. The molecule has 0 bridgehead atoms. The molecule has 3 aromatic carbocycles. The standard InChI is InChI=1S/C27H24N4O3/c1-34-23-9-4-6-20(14-23)12-13-30-19-28-15-22(30)16-29-17-26(27(18-29)31(32)33)25-11-5-8-21-7-2-3-10-24(21)25/h2-11,14-15,17-19H,12-13,16H2,1H3. The van der Waals surface area contributed by atoms with E-state index in [4.69, 9.17) is 4.74 Å². The van der Waals surface area contributed by atoms with Crippen LogP contribution in [0.25, 0.3) is 21.9 Å². The average molecular weight is 453 g/mol. The van der Waals surface area contributed by atoms with Gasteiger partial charge in [-0.05, 0) is 40.5 Å². The van der Waals surface area contributed by atoms with E-state index < -0.39 is 0 Å². The molecular formula is C27H24N4O3. The Morgan fingerprint density at radius 3 is 2.68 bits per heavy atom. The first-order valence-corrected chi connectivity index (χ1v) is 11.1. The second kappa shape index (κ2) is 9.23. The first kappa shape index (κ1) is 21.5. The van der Waals surface area contributed by atoms with E-state index in [1.54, 1.807) is 19.6 Å². The van der Waals surface area contributed by atoms with Gasteiger partial charge < -0.3 is 13.9 Å². The molecule has 5 aromatic rings. The maximum Gasteiger partial charge on any atom is 0.294 e. The van der Waals surface area contributed by atoms with Gasteiger partial charge in [0.2, 0.25) is 0 Å². The van der Waals surface area contributed by atoms with Crippen molar-refractivity contribution in [2.45, 2.75) is 19.5 Å². The Balaban J connectivity index is 1.42. The fraction of sp³-hybridized carbons (Fsp3) is 0.148. The zero-order chi connectivity index (χ0) is 23.5. The van der Waals surface area contributed by atoms with Gasteiger partial charge in [-0.1, -0.05) is 54.6 Å². The lowest BCUT2D eigenvalue weighted by molar-refractivity contribution is -0.384. The van der Waals surface area contributed by atoms with Crippen molar-refractivity contribution >= 4 is 16.5 Å². The van der Waals surface area contributed by atoms with E-state index in [9.17, 15) is 10.1 Å². The van der Waals surface area contributed by atoms with Gasteiger partial charge in [0.25, 0.3) is 5.69 Å². The van der Waals surface area contributed by atoms with Crippen LogP contribution in [0.5, 0.6) is 5.75 Å². The molecule has 0 amide bonds. The summed E-state index contributed by atoms with van der Waals surface area (Å²) in [5, 5.41) is 13.9. The summed E-state index contributed by atoms with van der Waals surface area (Å²) in [6, 6.07) is 21.8. The maximum absolute atomic E-state index is 11.9. The molecule has 0 aliphatic heterocycles. The fourth-order valence-corrected chi connectivity index (χ4v) is 4.35. The minimum Gasteiger partial charge on any atom is -0.497 e. The van der Waals surface area contributed by atoms with Crippen LogP contribution in [0, 0.1) is 10.1 Å². The molecular weight excluding hydrogens is 428 g/mol. The van der Waals surface area contributed by atoms with Crippen molar-refractivity contribution in [3.8, 4) is 16.9 Å². The summed E-state index contributed by atoms with van der Waals surface area (Å²) in [5.74, 6) is 0.837. The van der Waals surface area contributed by atoms with Gasteiger partial charge in [-0.15, -0.1) is 0 Å². The largest absolute Gasteiger partial charge is 0.497 e. The van der Waals surface area contributed by atoms with Crippen LogP contribution in [0.4, 0.5) is 5.69 Å². The minimum absolute atomic E-state index is 0.0961. The number of hydrogen-bond acceptors (Lipinski definition) is 4. The molecule has 0 N–H and O–H groups in total. The number of nitro groups is 1. The molecule has 2 heterocycles. The monoisotopic (exact) mass is 452 g/mol. The van der Waals surface area contributed by atoms with Crippen molar-refractivity contribution in [3.63, 3.8) is 0 Å². The Bertz CT molecular complexity index is 1460. The SMILES string of the molecule is COc1cccc(CCn2cncc2Cn2cc(-c3cccc4ccccc34)c([N+](=O)[O-])c2)c1. The van der Waals surface area contributed by atoms with E-state index in [1.165, 1.54) is 5.56 Å². The van der Waals surface area contributed by atoms with E-state index in [-0.39, 0.29) is 10.6 Å². The van der Waals surface area contributed by atoms with Gasteiger partial charge in [0.15, 0.2) is 0 Å². The topological polar surface area (TPSA) is 75.1 Å². The molecule has 170 valence electrons. The number of ether oxygens (including phenoxy) is 1. The van der Waals surface area contributed by atoms with Crippen molar-refractivity contribution in [2.75, 3.05) is 7.11 Å². The molecule has 7 heteroatoms. The summed E-state index contributed by atoms with van der Waals surface area (Å²) in [7, 11) is 1.66. The van der Waals surface area contributed by atoms with Crippen LogP contribution in [-0.2, 0) is 19.5 Å². The maximum atomic E-state index is 11.9. The summed E-state index contributed by atoms with van der Waals surface area (Å²) >= 11 is 0. The summed E-state index contributed by atoms with van der Waals surface area (Å²) in [4.78, 5) is 15.9. The predicted octanol–water partition coefficient (Wildman–Crippen LogP) is 5.71. The Hall–Kier alpha value is -4.39. The Morgan fingerprint density at radius 2 is 1.82 bits per heavy atom. The fourth-order valence-electron chi connectivity index (χ4n) is 4.35. The zero-order valence-corrected chi connectivity index (χ0v) is 18.8. The minimum atomic E-state index is -0.312. The molecule has 34 heavy (non-hydrogen) atoms. The summed E-state index contributed by atoms with van der Waals surface area (Å²) < 4.78 is 9.27.